The monoisotopic (exact) mass is 460 g/mol. The number of nitrogen functional groups attached to an aromatic ring is 4. The molecule has 3 aromatic rings. The van der Waals surface area contributed by atoms with Gasteiger partial charge in [-0.2, -0.15) is 0 Å². The highest BCUT2D eigenvalue weighted by molar-refractivity contribution is 6.01. The van der Waals surface area contributed by atoms with Crippen LogP contribution in [0.25, 0.3) is 0 Å². The number of nitrogens with zero attached hydrogens (tertiary/aromatic N) is 2. The predicted octanol–water partition coefficient (Wildman–Crippen LogP) is 0.0691. The van der Waals surface area contributed by atoms with Gasteiger partial charge in [0.1, 0.15) is 11.7 Å². The summed E-state index contributed by atoms with van der Waals surface area (Å²) < 4.78 is 0. The summed E-state index contributed by atoms with van der Waals surface area (Å²) in [5, 5.41) is 20.1. The van der Waals surface area contributed by atoms with Crippen LogP contribution in [0.1, 0.15) is 43.2 Å². The second kappa shape index (κ2) is 10.1. The molecule has 12 N–H and O–H groups in total. The molecule has 0 atom stereocenters. The van der Waals surface area contributed by atoms with Crippen LogP contribution >= 0.6 is 0 Å². The standard InChI is InChI=1S/C22H24N10O2/c23-17(24)13-5-1-11(2-6-13)9-29-21(33)15-19(27)32-16(20(28)31-15)22(34)30-10-12-3-7-14(8-4-12)18(25)26/h1-8H,9-10H2,(H3,23,24)(H3,25,26)(H2,28,31)(H2,27,32)(H,29,33)(H,30,34). The van der Waals surface area contributed by atoms with E-state index in [1.165, 1.54) is 0 Å². The molecule has 3 rings (SSSR count). The Labute approximate surface area is 194 Å². The van der Waals surface area contributed by atoms with Gasteiger partial charge in [-0.15, -0.1) is 0 Å². The number of hydrogen-bond acceptors (Lipinski definition) is 8. The first-order valence-corrected chi connectivity index (χ1v) is 10.0. The SMILES string of the molecule is N=C(N)c1ccc(CNC(=O)c2nc(N)c(C(=O)NCc3ccc(C(=N)N)cc3)nc2N)cc1. The Balaban J connectivity index is 1.63. The van der Waals surface area contributed by atoms with Crippen molar-refractivity contribution in [3.8, 4) is 0 Å². The Morgan fingerprint density at radius 3 is 1.29 bits per heavy atom. The highest BCUT2D eigenvalue weighted by atomic mass is 16.2. The van der Waals surface area contributed by atoms with E-state index in [9.17, 15) is 9.59 Å². The quantitative estimate of drug-likeness (QED) is 0.169. The van der Waals surface area contributed by atoms with E-state index in [0.29, 0.717) is 11.1 Å². The number of nitrogens with two attached hydrogens (primary N) is 4. The van der Waals surface area contributed by atoms with E-state index in [1.807, 2.05) is 0 Å². The molecule has 1 heterocycles. The zero-order valence-electron chi connectivity index (χ0n) is 18.1. The van der Waals surface area contributed by atoms with E-state index in [4.69, 9.17) is 33.8 Å². The van der Waals surface area contributed by atoms with Crippen molar-refractivity contribution in [2.45, 2.75) is 13.1 Å². The fourth-order valence-electron chi connectivity index (χ4n) is 2.93. The molecule has 0 radical (unpaired) electrons. The lowest BCUT2D eigenvalue weighted by atomic mass is 10.1. The molecule has 1 aromatic heterocycles. The van der Waals surface area contributed by atoms with Crippen LogP contribution in [-0.4, -0.2) is 33.5 Å². The minimum Gasteiger partial charge on any atom is -0.384 e. The lowest BCUT2D eigenvalue weighted by molar-refractivity contribution is 0.0933. The van der Waals surface area contributed by atoms with Crippen LogP contribution in [0.15, 0.2) is 48.5 Å². The molecule has 0 aliphatic heterocycles. The van der Waals surface area contributed by atoms with Gasteiger partial charge in [0.15, 0.2) is 23.0 Å². The molecule has 12 nitrogen and oxygen atoms in total. The van der Waals surface area contributed by atoms with Gasteiger partial charge in [0.25, 0.3) is 11.8 Å². The summed E-state index contributed by atoms with van der Waals surface area (Å²) >= 11 is 0. The molecule has 12 heteroatoms. The highest BCUT2D eigenvalue weighted by Crippen LogP contribution is 2.14. The molecule has 2 aromatic carbocycles. The number of carbonyl (C=O) groups is 2. The van der Waals surface area contributed by atoms with Crippen LogP contribution in [0.3, 0.4) is 0 Å². The zero-order valence-corrected chi connectivity index (χ0v) is 18.1. The Hall–Kier alpha value is -5.00. The van der Waals surface area contributed by atoms with Gasteiger partial charge < -0.3 is 33.6 Å². The fraction of sp³-hybridized carbons (Fsp3) is 0.0909. The molecule has 0 saturated heterocycles. The summed E-state index contributed by atoms with van der Waals surface area (Å²) in [4.78, 5) is 32.9. The molecule has 174 valence electrons. The molecular weight excluding hydrogens is 436 g/mol. The molecule has 2 amide bonds. The fourth-order valence-corrected chi connectivity index (χ4v) is 2.93. The zero-order chi connectivity index (χ0) is 24.8. The maximum Gasteiger partial charge on any atom is 0.274 e. The number of benzene rings is 2. The number of amides is 2. The van der Waals surface area contributed by atoms with Crippen molar-refractivity contribution in [3.05, 3.63) is 82.2 Å². The average molecular weight is 461 g/mol. The normalized spacial score (nSPS) is 10.4. The number of aromatic nitrogens is 2. The van der Waals surface area contributed by atoms with Gasteiger partial charge in [0.2, 0.25) is 0 Å². The highest BCUT2D eigenvalue weighted by Gasteiger charge is 2.20. The van der Waals surface area contributed by atoms with E-state index in [-0.39, 0.29) is 47.8 Å². The van der Waals surface area contributed by atoms with E-state index in [0.717, 1.165) is 11.1 Å². The van der Waals surface area contributed by atoms with Crippen LogP contribution in [0.4, 0.5) is 11.6 Å². The maximum absolute atomic E-state index is 12.5. The third kappa shape index (κ3) is 5.62. The predicted molar refractivity (Wildman–Crippen MR) is 128 cm³/mol. The summed E-state index contributed by atoms with van der Waals surface area (Å²) in [5.74, 6) is -1.80. The van der Waals surface area contributed by atoms with Crippen LogP contribution in [0, 0.1) is 10.8 Å². The number of anilines is 2. The van der Waals surface area contributed by atoms with E-state index in [1.54, 1.807) is 48.5 Å². The van der Waals surface area contributed by atoms with Gasteiger partial charge in [0, 0.05) is 24.2 Å². The molecule has 0 bridgehead atoms. The minimum atomic E-state index is -0.607. The smallest absolute Gasteiger partial charge is 0.274 e. The molecule has 34 heavy (non-hydrogen) atoms. The van der Waals surface area contributed by atoms with E-state index < -0.39 is 11.8 Å². The topological polar surface area (TPSA) is 236 Å². The third-order valence-corrected chi connectivity index (χ3v) is 4.82. The Morgan fingerprint density at radius 2 is 1.00 bits per heavy atom. The minimum absolute atomic E-state index is 0.0517. The lowest BCUT2D eigenvalue weighted by Crippen LogP contribution is -2.29. The summed E-state index contributed by atoms with van der Waals surface area (Å²) in [6.07, 6.45) is 0. The maximum atomic E-state index is 12.5. The van der Waals surface area contributed by atoms with Gasteiger partial charge in [-0.3, -0.25) is 20.4 Å². The summed E-state index contributed by atoms with van der Waals surface area (Å²) in [6.45, 7) is 0.339. The Bertz CT molecular complexity index is 1150. The summed E-state index contributed by atoms with van der Waals surface area (Å²) in [5.41, 5.74) is 24.9. The first kappa shape index (κ1) is 23.7. The molecule has 0 spiro atoms. The Morgan fingerprint density at radius 1 is 0.676 bits per heavy atom. The van der Waals surface area contributed by atoms with Crippen molar-refractivity contribution in [1.29, 1.82) is 10.8 Å². The number of rotatable bonds is 8. The van der Waals surface area contributed by atoms with Crippen LogP contribution in [-0.2, 0) is 13.1 Å². The number of carbonyl (C=O) groups excluding carboxylic acids is 2. The van der Waals surface area contributed by atoms with Crippen LogP contribution < -0.4 is 33.6 Å². The summed E-state index contributed by atoms with van der Waals surface area (Å²) in [6, 6.07) is 13.6. The van der Waals surface area contributed by atoms with Crippen molar-refractivity contribution < 1.29 is 9.59 Å². The van der Waals surface area contributed by atoms with Gasteiger partial charge in [-0.1, -0.05) is 48.5 Å². The van der Waals surface area contributed by atoms with Gasteiger partial charge >= 0.3 is 0 Å². The van der Waals surface area contributed by atoms with Gasteiger partial charge in [-0.25, -0.2) is 9.97 Å². The molecular formula is C22H24N10O2. The average Bonchev–Trinajstić information content (AvgIpc) is 2.82. The van der Waals surface area contributed by atoms with Crippen molar-refractivity contribution in [1.82, 2.24) is 20.6 Å². The number of amidine groups is 2. The third-order valence-electron chi connectivity index (χ3n) is 4.82. The first-order valence-electron chi connectivity index (χ1n) is 10.0. The molecule has 0 unspecified atom stereocenters. The Kier molecular flexibility index (Phi) is 7.01. The summed E-state index contributed by atoms with van der Waals surface area (Å²) in [7, 11) is 0. The second-order valence-electron chi connectivity index (χ2n) is 7.28. The largest absolute Gasteiger partial charge is 0.384 e. The first-order chi connectivity index (χ1) is 16.2. The van der Waals surface area contributed by atoms with Gasteiger partial charge in [-0.05, 0) is 11.1 Å². The van der Waals surface area contributed by atoms with Crippen molar-refractivity contribution in [2.24, 2.45) is 11.5 Å². The van der Waals surface area contributed by atoms with Crippen LogP contribution in [0.5, 0.6) is 0 Å². The number of nitrogens with one attached hydrogen (secondary N) is 4. The van der Waals surface area contributed by atoms with Gasteiger partial charge in [0.05, 0.1) is 0 Å². The van der Waals surface area contributed by atoms with Crippen LogP contribution in [0.2, 0.25) is 0 Å². The molecule has 0 fully saturated rings. The molecule has 0 aliphatic rings. The number of hydrogen-bond donors (Lipinski definition) is 8. The van der Waals surface area contributed by atoms with E-state index in [2.05, 4.69) is 20.6 Å². The molecule has 0 aliphatic carbocycles. The lowest BCUT2D eigenvalue weighted by Gasteiger charge is -2.11. The second-order valence-corrected chi connectivity index (χ2v) is 7.28. The van der Waals surface area contributed by atoms with Crippen molar-refractivity contribution in [3.63, 3.8) is 0 Å². The van der Waals surface area contributed by atoms with Crippen molar-refractivity contribution in [2.75, 3.05) is 11.5 Å². The van der Waals surface area contributed by atoms with Crippen molar-refractivity contribution >= 4 is 35.1 Å². The van der Waals surface area contributed by atoms with E-state index >= 15 is 0 Å². The molecule has 0 saturated carbocycles.